The molecule has 110 valence electrons. The van der Waals surface area contributed by atoms with Gasteiger partial charge in [-0.2, -0.15) is 0 Å². The number of anilines is 1. The highest BCUT2D eigenvalue weighted by Gasteiger charge is 2.18. The maximum atomic E-state index is 11.0. The van der Waals surface area contributed by atoms with E-state index in [1.165, 1.54) is 6.92 Å². The van der Waals surface area contributed by atoms with Gasteiger partial charge in [0.05, 0.1) is 10.9 Å². The molecule has 1 aromatic heterocycles. The molecule has 0 saturated carbocycles. The Morgan fingerprint density at radius 3 is 2.48 bits per heavy atom. The van der Waals surface area contributed by atoms with E-state index in [1.54, 1.807) is 18.0 Å². The van der Waals surface area contributed by atoms with E-state index < -0.39 is 0 Å². The highest BCUT2D eigenvalue weighted by molar-refractivity contribution is 7.99. The van der Waals surface area contributed by atoms with E-state index in [1.807, 2.05) is 49.4 Å². The number of thioether (sulfide) groups is 1. The molecule has 0 fully saturated rings. The molecule has 21 heavy (non-hydrogen) atoms. The first-order chi connectivity index (χ1) is 10.1. The lowest BCUT2D eigenvalue weighted by atomic mass is 10.2. The van der Waals surface area contributed by atoms with Gasteiger partial charge in [0, 0.05) is 29.7 Å². The highest BCUT2D eigenvalue weighted by Crippen LogP contribution is 2.36. The molecule has 1 aromatic carbocycles. The van der Waals surface area contributed by atoms with Crippen LogP contribution in [0.15, 0.2) is 53.6 Å². The summed E-state index contributed by atoms with van der Waals surface area (Å²) in [5, 5.41) is 2.85. The summed E-state index contributed by atoms with van der Waals surface area (Å²) in [6, 6.07) is 13.6. The standard InChI is InChI=1S/C16H19N3OS/c1-11(17)16(15-5-3-4-10-18-15)21-14-8-6-13(7-9-14)19-12(2)20/h3-11,16H,17H2,1-2H3,(H,19,20). The molecule has 0 aliphatic rings. The van der Waals surface area contributed by atoms with Gasteiger partial charge < -0.3 is 11.1 Å². The minimum Gasteiger partial charge on any atom is -0.327 e. The average Bonchev–Trinajstić information content (AvgIpc) is 2.46. The predicted molar refractivity (Wildman–Crippen MR) is 87.2 cm³/mol. The van der Waals surface area contributed by atoms with Gasteiger partial charge in [-0.25, -0.2) is 0 Å². The van der Waals surface area contributed by atoms with Crippen molar-refractivity contribution in [1.82, 2.24) is 4.98 Å². The molecule has 0 spiro atoms. The number of pyridine rings is 1. The van der Waals surface area contributed by atoms with Gasteiger partial charge in [0.15, 0.2) is 0 Å². The lowest BCUT2D eigenvalue weighted by Gasteiger charge is -2.19. The Balaban J connectivity index is 2.12. The fourth-order valence-corrected chi connectivity index (χ4v) is 3.01. The molecule has 1 amide bonds. The van der Waals surface area contributed by atoms with Gasteiger partial charge in [-0.15, -0.1) is 11.8 Å². The molecular formula is C16H19N3OS. The van der Waals surface area contributed by atoms with Crippen LogP contribution in [0.2, 0.25) is 0 Å². The third-order valence-electron chi connectivity index (χ3n) is 2.89. The number of carbonyl (C=O) groups is 1. The van der Waals surface area contributed by atoms with Crippen LogP contribution in [-0.4, -0.2) is 16.9 Å². The molecule has 0 aliphatic carbocycles. The molecule has 1 heterocycles. The number of nitrogens with zero attached hydrogens (tertiary/aromatic N) is 1. The second kappa shape index (κ2) is 7.24. The molecule has 0 bridgehead atoms. The number of nitrogens with two attached hydrogens (primary N) is 1. The molecule has 2 aromatic rings. The van der Waals surface area contributed by atoms with Crippen LogP contribution in [0.1, 0.15) is 24.8 Å². The van der Waals surface area contributed by atoms with Gasteiger partial charge >= 0.3 is 0 Å². The summed E-state index contributed by atoms with van der Waals surface area (Å²) in [5.74, 6) is -0.0719. The normalized spacial score (nSPS) is 13.5. The Morgan fingerprint density at radius 2 is 1.95 bits per heavy atom. The molecular weight excluding hydrogens is 282 g/mol. The SMILES string of the molecule is CC(=O)Nc1ccc(SC(c2ccccn2)C(C)N)cc1. The lowest BCUT2D eigenvalue weighted by Crippen LogP contribution is -2.23. The van der Waals surface area contributed by atoms with Crippen molar-refractivity contribution in [3.05, 3.63) is 54.4 Å². The Labute approximate surface area is 129 Å². The summed E-state index contributed by atoms with van der Waals surface area (Å²) < 4.78 is 0. The van der Waals surface area contributed by atoms with Crippen molar-refractivity contribution in [2.75, 3.05) is 5.32 Å². The Hall–Kier alpha value is -1.85. The lowest BCUT2D eigenvalue weighted by molar-refractivity contribution is -0.114. The van der Waals surface area contributed by atoms with Gasteiger partial charge in [-0.3, -0.25) is 9.78 Å². The molecule has 2 atom stereocenters. The first kappa shape index (κ1) is 15.5. The second-order valence-electron chi connectivity index (χ2n) is 4.86. The number of hydrogen-bond donors (Lipinski definition) is 2. The van der Waals surface area contributed by atoms with Crippen LogP contribution in [0.5, 0.6) is 0 Å². The fourth-order valence-electron chi connectivity index (χ4n) is 1.95. The monoisotopic (exact) mass is 301 g/mol. The third-order valence-corrected chi connectivity index (χ3v) is 4.36. The number of rotatable bonds is 5. The molecule has 4 nitrogen and oxygen atoms in total. The van der Waals surface area contributed by atoms with Crippen molar-refractivity contribution in [1.29, 1.82) is 0 Å². The van der Waals surface area contributed by atoms with Crippen molar-refractivity contribution < 1.29 is 4.79 Å². The van der Waals surface area contributed by atoms with Crippen molar-refractivity contribution in [2.24, 2.45) is 5.73 Å². The summed E-state index contributed by atoms with van der Waals surface area (Å²) in [6.45, 7) is 3.48. The van der Waals surface area contributed by atoms with E-state index in [-0.39, 0.29) is 17.2 Å². The molecule has 0 aliphatic heterocycles. The number of benzene rings is 1. The first-order valence-corrected chi connectivity index (χ1v) is 7.65. The summed E-state index contributed by atoms with van der Waals surface area (Å²) in [7, 11) is 0. The molecule has 0 radical (unpaired) electrons. The second-order valence-corrected chi connectivity index (χ2v) is 6.07. The van der Waals surface area contributed by atoms with E-state index in [2.05, 4.69) is 10.3 Å². The Kier molecular flexibility index (Phi) is 5.36. The fraction of sp³-hybridized carbons (Fsp3) is 0.250. The van der Waals surface area contributed by atoms with Crippen LogP contribution >= 0.6 is 11.8 Å². The van der Waals surface area contributed by atoms with E-state index in [4.69, 9.17) is 5.73 Å². The molecule has 3 N–H and O–H groups in total. The van der Waals surface area contributed by atoms with Gasteiger partial charge in [-0.1, -0.05) is 6.07 Å². The summed E-state index contributed by atoms with van der Waals surface area (Å²) in [6.07, 6.45) is 1.78. The molecule has 0 saturated heterocycles. The van der Waals surface area contributed by atoms with Crippen LogP contribution in [0, 0.1) is 0 Å². The molecule has 2 rings (SSSR count). The molecule has 2 unspecified atom stereocenters. The third kappa shape index (κ3) is 4.58. The highest BCUT2D eigenvalue weighted by atomic mass is 32.2. The predicted octanol–water partition coefficient (Wildman–Crippen LogP) is 3.22. The van der Waals surface area contributed by atoms with E-state index in [9.17, 15) is 4.79 Å². The topological polar surface area (TPSA) is 68.0 Å². The number of hydrogen-bond acceptors (Lipinski definition) is 4. The minimum atomic E-state index is -0.0719. The van der Waals surface area contributed by atoms with E-state index in [0.29, 0.717) is 0 Å². The first-order valence-electron chi connectivity index (χ1n) is 6.77. The number of amides is 1. The number of nitrogens with one attached hydrogen (secondary N) is 1. The van der Waals surface area contributed by atoms with Crippen molar-refractivity contribution in [3.63, 3.8) is 0 Å². The van der Waals surface area contributed by atoms with Crippen LogP contribution in [0.25, 0.3) is 0 Å². The summed E-state index contributed by atoms with van der Waals surface area (Å²) in [5.41, 5.74) is 7.86. The number of carbonyl (C=O) groups excluding carboxylic acids is 1. The van der Waals surface area contributed by atoms with Crippen molar-refractivity contribution in [3.8, 4) is 0 Å². The minimum absolute atomic E-state index is 0.0140. The summed E-state index contributed by atoms with van der Waals surface area (Å²) >= 11 is 1.68. The van der Waals surface area contributed by atoms with Gasteiger partial charge in [0.25, 0.3) is 0 Å². The average molecular weight is 301 g/mol. The zero-order valence-corrected chi connectivity index (χ0v) is 12.9. The Morgan fingerprint density at radius 1 is 1.24 bits per heavy atom. The van der Waals surface area contributed by atoms with Crippen molar-refractivity contribution in [2.45, 2.75) is 30.0 Å². The van der Waals surface area contributed by atoms with Crippen molar-refractivity contribution >= 4 is 23.4 Å². The van der Waals surface area contributed by atoms with Gasteiger partial charge in [0.2, 0.25) is 5.91 Å². The van der Waals surface area contributed by atoms with E-state index >= 15 is 0 Å². The van der Waals surface area contributed by atoms with Crippen LogP contribution in [-0.2, 0) is 4.79 Å². The quantitative estimate of drug-likeness (QED) is 0.832. The number of aromatic nitrogens is 1. The van der Waals surface area contributed by atoms with Gasteiger partial charge in [-0.05, 0) is 43.3 Å². The maximum Gasteiger partial charge on any atom is 0.221 e. The largest absolute Gasteiger partial charge is 0.327 e. The zero-order chi connectivity index (χ0) is 15.2. The summed E-state index contributed by atoms with van der Waals surface area (Å²) in [4.78, 5) is 16.5. The van der Waals surface area contributed by atoms with Crippen LogP contribution in [0.4, 0.5) is 5.69 Å². The van der Waals surface area contributed by atoms with Gasteiger partial charge in [0.1, 0.15) is 0 Å². The van der Waals surface area contributed by atoms with E-state index in [0.717, 1.165) is 16.3 Å². The smallest absolute Gasteiger partial charge is 0.221 e. The zero-order valence-electron chi connectivity index (χ0n) is 12.1. The van der Waals surface area contributed by atoms with Crippen LogP contribution in [0.3, 0.4) is 0 Å². The maximum absolute atomic E-state index is 11.0. The Bertz CT molecular complexity index is 584. The van der Waals surface area contributed by atoms with Crippen LogP contribution < -0.4 is 11.1 Å². The molecule has 5 heteroatoms.